The van der Waals surface area contributed by atoms with Crippen LogP contribution in [0, 0.1) is 0 Å². The van der Waals surface area contributed by atoms with Crippen LogP contribution in [0.4, 0.5) is 0 Å². The molecule has 2 aromatic carbocycles. The fourth-order valence-corrected chi connectivity index (χ4v) is 2.49. The van der Waals surface area contributed by atoms with Gasteiger partial charge in [-0.3, -0.25) is 0 Å². The molecule has 2 rings (SSSR count). The molecule has 0 aliphatic rings. The summed E-state index contributed by atoms with van der Waals surface area (Å²) < 4.78 is 11.4. The second-order valence-electron chi connectivity index (χ2n) is 4.50. The standard InChI is InChI=1S/C16H15Cl2NO2S/c1-2-20-14-8-11(16(19)22)7-13(18)15(14)21-9-10-4-3-5-12(17)6-10/h3-8H,2,9H2,1H3,(H2,19,22). The minimum Gasteiger partial charge on any atom is -0.490 e. The minimum atomic E-state index is 0.254. The van der Waals surface area contributed by atoms with E-state index >= 15 is 0 Å². The van der Waals surface area contributed by atoms with Crippen LogP contribution < -0.4 is 15.2 Å². The van der Waals surface area contributed by atoms with Crippen molar-refractivity contribution < 1.29 is 9.47 Å². The van der Waals surface area contributed by atoms with E-state index in [1.807, 2.05) is 25.1 Å². The molecule has 0 radical (unpaired) electrons. The Balaban J connectivity index is 2.27. The monoisotopic (exact) mass is 355 g/mol. The number of hydrogen-bond acceptors (Lipinski definition) is 3. The second kappa shape index (κ2) is 7.68. The van der Waals surface area contributed by atoms with E-state index < -0.39 is 0 Å². The first-order valence-corrected chi connectivity index (χ1v) is 7.81. The highest BCUT2D eigenvalue weighted by atomic mass is 35.5. The van der Waals surface area contributed by atoms with Gasteiger partial charge < -0.3 is 15.2 Å². The third kappa shape index (κ3) is 4.26. The largest absolute Gasteiger partial charge is 0.490 e. The lowest BCUT2D eigenvalue weighted by molar-refractivity contribution is 0.269. The Hall–Kier alpha value is -1.49. The molecular formula is C16H15Cl2NO2S. The lowest BCUT2D eigenvalue weighted by Gasteiger charge is -2.15. The van der Waals surface area contributed by atoms with Crippen LogP contribution in [0.3, 0.4) is 0 Å². The Morgan fingerprint density at radius 1 is 1.18 bits per heavy atom. The van der Waals surface area contributed by atoms with Crippen LogP contribution in [0.1, 0.15) is 18.1 Å². The zero-order valence-electron chi connectivity index (χ0n) is 11.9. The Kier molecular flexibility index (Phi) is 5.89. The molecule has 0 aromatic heterocycles. The molecule has 3 nitrogen and oxygen atoms in total. The van der Waals surface area contributed by atoms with Crippen molar-refractivity contribution in [3.05, 3.63) is 57.6 Å². The van der Waals surface area contributed by atoms with Crippen molar-refractivity contribution in [1.82, 2.24) is 0 Å². The van der Waals surface area contributed by atoms with Crippen molar-refractivity contribution in [3.8, 4) is 11.5 Å². The number of thiocarbonyl (C=S) groups is 1. The summed E-state index contributed by atoms with van der Waals surface area (Å²) in [5.41, 5.74) is 7.21. The SMILES string of the molecule is CCOc1cc(C(N)=S)cc(Cl)c1OCc1cccc(Cl)c1. The van der Waals surface area contributed by atoms with Crippen molar-refractivity contribution in [2.45, 2.75) is 13.5 Å². The lowest BCUT2D eigenvalue weighted by atomic mass is 10.2. The summed E-state index contributed by atoms with van der Waals surface area (Å²) in [5, 5.41) is 1.05. The topological polar surface area (TPSA) is 44.5 Å². The fourth-order valence-electron chi connectivity index (χ4n) is 1.90. The summed E-state index contributed by atoms with van der Waals surface area (Å²) in [6.45, 7) is 2.68. The number of halogens is 2. The van der Waals surface area contributed by atoms with Crippen molar-refractivity contribution in [1.29, 1.82) is 0 Å². The van der Waals surface area contributed by atoms with Crippen molar-refractivity contribution in [3.63, 3.8) is 0 Å². The van der Waals surface area contributed by atoms with E-state index in [0.29, 0.717) is 40.3 Å². The number of rotatable bonds is 6. The summed E-state index contributed by atoms with van der Waals surface area (Å²) in [6, 6.07) is 10.8. The van der Waals surface area contributed by atoms with Gasteiger partial charge in [-0.05, 0) is 36.8 Å². The molecule has 116 valence electrons. The molecule has 0 saturated heterocycles. The first-order valence-electron chi connectivity index (χ1n) is 6.64. The van der Waals surface area contributed by atoms with E-state index in [4.69, 9.17) is 50.6 Å². The van der Waals surface area contributed by atoms with Gasteiger partial charge in [0.15, 0.2) is 11.5 Å². The minimum absolute atomic E-state index is 0.254. The smallest absolute Gasteiger partial charge is 0.180 e. The van der Waals surface area contributed by atoms with E-state index in [1.165, 1.54) is 0 Å². The van der Waals surface area contributed by atoms with Gasteiger partial charge in [0.05, 0.1) is 11.6 Å². The molecule has 6 heteroatoms. The van der Waals surface area contributed by atoms with Crippen LogP contribution in [-0.2, 0) is 6.61 Å². The van der Waals surface area contributed by atoms with Crippen molar-refractivity contribution >= 4 is 40.4 Å². The predicted octanol–water partition coefficient (Wildman–Crippen LogP) is 4.61. The highest BCUT2D eigenvalue weighted by molar-refractivity contribution is 7.80. The molecule has 0 aliphatic heterocycles. The van der Waals surface area contributed by atoms with Crippen LogP contribution in [0.5, 0.6) is 11.5 Å². The van der Waals surface area contributed by atoms with Gasteiger partial charge in [0.2, 0.25) is 0 Å². The van der Waals surface area contributed by atoms with Gasteiger partial charge in [0, 0.05) is 10.6 Å². The molecule has 0 saturated carbocycles. The van der Waals surface area contributed by atoms with Gasteiger partial charge >= 0.3 is 0 Å². The fraction of sp³-hybridized carbons (Fsp3) is 0.188. The summed E-state index contributed by atoms with van der Waals surface area (Å²) in [5.74, 6) is 0.975. The molecule has 2 N–H and O–H groups in total. The molecule has 0 unspecified atom stereocenters. The first kappa shape index (κ1) is 16.9. The number of hydrogen-bond donors (Lipinski definition) is 1. The van der Waals surface area contributed by atoms with Crippen LogP contribution in [-0.4, -0.2) is 11.6 Å². The molecule has 0 heterocycles. The Labute approximate surface area is 144 Å². The molecular weight excluding hydrogens is 341 g/mol. The maximum atomic E-state index is 6.27. The summed E-state index contributed by atoms with van der Waals surface area (Å²) >= 11 is 17.2. The van der Waals surface area contributed by atoms with E-state index in [-0.39, 0.29) is 4.99 Å². The van der Waals surface area contributed by atoms with Crippen LogP contribution >= 0.6 is 35.4 Å². The van der Waals surface area contributed by atoms with E-state index in [0.717, 1.165) is 5.56 Å². The van der Waals surface area contributed by atoms with E-state index in [2.05, 4.69) is 0 Å². The number of nitrogens with two attached hydrogens (primary N) is 1. The highest BCUT2D eigenvalue weighted by Gasteiger charge is 2.14. The average Bonchev–Trinajstić information content (AvgIpc) is 2.46. The first-order chi connectivity index (χ1) is 10.5. The van der Waals surface area contributed by atoms with Gasteiger partial charge in [-0.15, -0.1) is 0 Å². The second-order valence-corrected chi connectivity index (χ2v) is 5.78. The molecule has 0 amide bonds. The van der Waals surface area contributed by atoms with Crippen LogP contribution in [0.15, 0.2) is 36.4 Å². The molecule has 22 heavy (non-hydrogen) atoms. The number of ether oxygens (including phenoxy) is 2. The molecule has 0 fully saturated rings. The lowest BCUT2D eigenvalue weighted by Crippen LogP contribution is -2.10. The molecule has 0 atom stereocenters. The van der Waals surface area contributed by atoms with Crippen LogP contribution in [0.25, 0.3) is 0 Å². The van der Waals surface area contributed by atoms with Gasteiger partial charge in [-0.1, -0.05) is 47.6 Å². The van der Waals surface area contributed by atoms with Gasteiger partial charge in [0.25, 0.3) is 0 Å². The quantitative estimate of drug-likeness (QED) is 0.768. The van der Waals surface area contributed by atoms with Crippen LogP contribution in [0.2, 0.25) is 10.0 Å². The van der Waals surface area contributed by atoms with E-state index in [1.54, 1.807) is 18.2 Å². The number of benzene rings is 2. The zero-order valence-corrected chi connectivity index (χ0v) is 14.3. The molecule has 0 bridgehead atoms. The summed E-state index contributed by atoms with van der Waals surface area (Å²) in [7, 11) is 0. The highest BCUT2D eigenvalue weighted by Crippen LogP contribution is 2.37. The van der Waals surface area contributed by atoms with Gasteiger partial charge in [0.1, 0.15) is 11.6 Å². The molecule has 2 aromatic rings. The van der Waals surface area contributed by atoms with Gasteiger partial charge in [-0.2, -0.15) is 0 Å². The van der Waals surface area contributed by atoms with Crippen molar-refractivity contribution in [2.75, 3.05) is 6.61 Å². The zero-order chi connectivity index (χ0) is 16.1. The third-order valence-electron chi connectivity index (χ3n) is 2.87. The third-order valence-corrected chi connectivity index (χ3v) is 3.62. The van der Waals surface area contributed by atoms with Crippen molar-refractivity contribution in [2.24, 2.45) is 5.73 Å². The Morgan fingerprint density at radius 3 is 2.59 bits per heavy atom. The predicted molar refractivity (Wildman–Crippen MR) is 94.3 cm³/mol. The average molecular weight is 356 g/mol. The maximum Gasteiger partial charge on any atom is 0.180 e. The summed E-state index contributed by atoms with van der Waals surface area (Å²) in [6.07, 6.45) is 0. The maximum absolute atomic E-state index is 6.27. The Bertz CT molecular complexity index is 692. The molecule has 0 spiro atoms. The summed E-state index contributed by atoms with van der Waals surface area (Å²) in [4.78, 5) is 0.254. The normalized spacial score (nSPS) is 10.3. The Morgan fingerprint density at radius 2 is 1.95 bits per heavy atom. The van der Waals surface area contributed by atoms with E-state index in [9.17, 15) is 0 Å². The molecule has 0 aliphatic carbocycles. The van der Waals surface area contributed by atoms with Gasteiger partial charge in [-0.25, -0.2) is 0 Å².